The second kappa shape index (κ2) is 10.1. The van der Waals surface area contributed by atoms with Crippen LogP contribution >= 0.6 is 0 Å². The third kappa shape index (κ3) is 5.23. The Morgan fingerprint density at radius 1 is 1.21 bits per heavy atom. The van der Waals surface area contributed by atoms with E-state index in [0.717, 1.165) is 23.7 Å². The van der Waals surface area contributed by atoms with Gasteiger partial charge in [0.25, 0.3) is 0 Å². The lowest BCUT2D eigenvalue weighted by molar-refractivity contribution is 0.0601. The van der Waals surface area contributed by atoms with Crippen molar-refractivity contribution in [3.63, 3.8) is 0 Å². The fourth-order valence-corrected chi connectivity index (χ4v) is 3.01. The van der Waals surface area contributed by atoms with Crippen LogP contribution in [0.2, 0.25) is 0 Å². The summed E-state index contributed by atoms with van der Waals surface area (Å²) < 4.78 is 11.0. The number of benzene rings is 1. The van der Waals surface area contributed by atoms with Gasteiger partial charge >= 0.3 is 5.97 Å². The molecule has 1 heterocycles. The van der Waals surface area contributed by atoms with Crippen molar-refractivity contribution in [3.8, 4) is 5.75 Å². The Bertz CT molecular complexity index is 790. The molecule has 0 saturated carbocycles. The zero-order valence-electron chi connectivity index (χ0n) is 17.7. The van der Waals surface area contributed by atoms with Gasteiger partial charge in [-0.1, -0.05) is 19.9 Å². The van der Waals surface area contributed by atoms with Crippen LogP contribution in [-0.4, -0.2) is 56.8 Å². The maximum absolute atomic E-state index is 12.2. The van der Waals surface area contributed by atoms with Gasteiger partial charge in [-0.2, -0.15) is 0 Å². The quantitative estimate of drug-likeness (QED) is 0.606. The van der Waals surface area contributed by atoms with Crippen molar-refractivity contribution < 1.29 is 14.3 Å². The Morgan fingerprint density at radius 2 is 1.96 bits per heavy atom. The molecule has 0 bridgehead atoms. The van der Waals surface area contributed by atoms with Gasteiger partial charge in [0.05, 0.1) is 12.8 Å². The van der Waals surface area contributed by atoms with Crippen LogP contribution in [0.1, 0.15) is 42.6 Å². The molecular weight excluding hydrogens is 354 g/mol. The molecule has 0 amide bonds. The molecule has 0 aliphatic rings. The topological polar surface area (TPSA) is 54.9 Å². The average molecular weight is 386 g/mol. The van der Waals surface area contributed by atoms with Crippen molar-refractivity contribution in [1.82, 2.24) is 9.88 Å². The van der Waals surface area contributed by atoms with E-state index < -0.39 is 5.97 Å². The molecule has 1 aromatic heterocycles. The molecule has 28 heavy (non-hydrogen) atoms. The van der Waals surface area contributed by atoms with Gasteiger partial charge in [-0.25, -0.2) is 4.79 Å². The first-order valence-corrected chi connectivity index (χ1v) is 9.60. The number of pyridine rings is 1. The lowest BCUT2D eigenvalue weighted by Gasteiger charge is -2.26. The molecule has 0 spiro atoms. The number of esters is 1. The molecule has 0 saturated heterocycles. The smallest absolute Gasteiger partial charge is 0.341 e. The first-order chi connectivity index (χ1) is 13.4. The summed E-state index contributed by atoms with van der Waals surface area (Å²) in [5.41, 5.74) is 3.33. The molecule has 0 fully saturated rings. The van der Waals surface area contributed by atoms with E-state index in [9.17, 15) is 4.79 Å². The molecule has 0 aliphatic carbocycles. The average Bonchev–Trinajstić information content (AvgIpc) is 2.68. The first kappa shape index (κ1) is 21.7. The number of carbonyl (C=O) groups is 1. The van der Waals surface area contributed by atoms with Crippen LogP contribution < -0.4 is 9.64 Å². The molecule has 0 aliphatic heterocycles. The summed E-state index contributed by atoms with van der Waals surface area (Å²) in [5.74, 6) is 0.828. The van der Waals surface area contributed by atoms with Crippen LogP contribution in [-0.2, 0) is 4.74 Å². The van der Waals surface area contributed by atoms with Gasteiger partial charge in [0.15, 0.2) is 0 Å². The van der Waals surface area contributed by atoms with Crippen molar-refractivity contribution in [2.24, 2.45) is 0 Å². The van der Waals surface area contributed by atoms with E-state index in [0.29, 0.717) is 24.6 Å². The van der Waals surface area contributed by atoms with E-state index >= 15 is 0 Å². The SMILES string of the molecule is CCN(c1ccc(C(C)C)c(OCCN(C)C)c1)c1ccncc1C(=O)OC. The number of aromatic nitrogens is 1. The number of hydrogen-bond acceptors (Lipinski definition) is 6. The predicted molar refractivity (Wildman–Crippen MR) is 113 cm³/mol. The monoisotopic (exact) mass is 385 g/mol. The van der Waals surface area contributed by atoms with Crippen LogP contribution in [0.5, 0.6) is 5.75 Å². The van der Waals surface area contributed by atoms with Gasteiger partial charge in [0.2, 0.25) is 0 Å². The van der Waals surface area contributed by atoms with Crippen LogP contribution in [0.25, 0.3) is 0 Å². The summed E-state index contributed by atoms with van der Waals surface area (Å²) in [6, 6.07) is 8.06. The summed E-state index contributed by atoms with van der Waals surface area (Å²) in [5, 5.41) is 0. The standard InChI is InChI=1S/C22H31N3O3/c1-7-25(20-10-11-23-15-19(20)22(26)27-6)17-8-9-18(16(2)3)21(14-17)28-13-12-24(4)5/h8-11,14-16H,7,12-13H2,1-6H3. The fourth-order valence-electron chi connectivity index (χ4n) is 3.01. The summed E-state index contributed by atoms with van der Waals surface area (Å²) in [6.45, 7) is 8.50. The van der Waals surface area contributed by atoms with Gasteiger partial charge in [-0.3, -0.25) is 4.98 Å². The van der Waals surface area contributed by atoms with Gasteiger partial charge in [0, 0.05) is 37.2 Å². The number of hydrogen-bond donors (Lipinski definition) is 0. The van der Waals surface area contributed by atoms with E-state index in [-0.39, 0.29) is 0 Å². The van der Waals surface area contributed by atoms with Crippen molar-refractivity contribution in [2.45, 2.75) is 26.7 Å². The number of likely N-dealkylation sites (N-methyl/N-ethyl adjacent to an activating group) is 1. The zero-order valence-corrected chi connectivity index (χ0v) is 17.7. The first-order valence-electron chi connectivity index (χ1n) is 9.60. The van der Waals surface area contributed by atoms with E-state index in [1.165, 1.54) is 12.7 Å². The number of ether oxygens (including phenoxy) is 2. The highest BCUT2D eigenvalue weighted by molar-refractivity contribution is 5.96. The van der Waals surface area contributed by atoms with Crippen LogP contribution in [0, 0.1) is 0 Å². The third-order valence-electron chi connectivity index (χ3n) is 4.54. The van der Waals surface area contributed by atoms with E-state index in [2.05, 4.69) is 46.8 Å². The minimum absolute atomic E-state index is 0.352. The van der Waals surface area contributed by atoms with Crippen molar-refractivity contribution in [3.05, 3.63) is 47.8 Å². The molecule has 2 aromatic rings. The normalized spacial score (nSPS) is 11.0. The Morgan fingerprint density at radius 3 is 2.57 bits per heavy atom. The Balaban J connectivity index is 2.43. The van der Waals surface area contributed by atoms with Gasteiger partial charge in [-0.15, -0.1) is 0 Å². The molecule has 0 atom stereocenters. The number of carbonyl (C=O) groups excluding carboxylic acids is 1. The van der Waals surface area contributed by atoms with Gasteiger partial charge < -0.3 is 19.3 Å². The molecule has 6 heteroatoms. The zero-order chi connectivity index (χ0) is 20.7. The molecular formula is C22H31N3O3. The Hall–Kier alpha value is -2.60. The second-order valence-electron chi connectivity index (χ2n) is 7.16. The number of anilines is 2. The van der Waals surface area contributed by atoms with Crippen LogP contribution in [0.15, 0.2) is 36.7 Å². The molecule has 2 rings (SSSR count). The van der Waals surface area contributed by atoms with E-state index in [1.54, 1.807) is 12.4 Å². The molecule has 0 unspecified atom stereocenters. The molecule has 0 radical (unpaired) electrons. The fraction of sp³-hybridized carbons (Fsp3) is 0.455. The summed E-state index contributed by atoms with van der Waals surface area (Å²) in [4.78, 5) is 20.4. The summed E-state index contributed by atoms with van der Waals surface area (Å²) in [6.07, 6.45) is 3.22. The van der Waals surface area contributed by atoms with Crippen LogP contribution in [0.3, 0.4) is 0 Å². The lowest BCUT2D eigenvalue weighted by Crippen LogP contribution is -2.21. The maximum Gasteiger partial charge on any atom is 0.341 e. The Kier molecular flexibility index (Phi) is 7.81. The molecule has 0 N–H and O–H groups in total. The third-order valence-corrected chi connectivity index (χ3v) is 4.54. The largest absolute Gasteiger partial charge is 0.492 e. The number of methoxy groups -OCH3 is 1. The van der Waals surface area contributed by atoms with Gasteiger partial charge in [-0.05, 0) is 44.6 Å². The lowest BCUT2D eigenvalue weighted by atomic mass is 10.0. The Labute approximate surface area is 168 Å². The maximum atomic E-state index is 12.2. The summed E-state index contributed by atoms with van der Waals surface area (Å²) >= 11 is 0. The van der Waals surface area contributed by atoms with Crippen molar-refractivity contribution >= 4 is 17.3 Å². The van der Waals surface area contributed by atoms with Crippen molar-refractivity contribution in [2.75, 3.05) is 45.8 Å². The highest BCUT2D eigenvalue weighted by Crippen LogP contribution is 2.35. The highest BCUT2D eigenvalue weighted by atomic mass is 16.5. The molecule has 6 nitrogen and oxygen atoms in total. The molecule has 1 aromatic carbocycles. The number of rotatable bonds is 9. The highest BCUT2D eigenvalue weighted by Gasteiger charge is 2.19. The van der Waals surface area contributed by atoms with Gasteiger partial charge in [0.1, 0.15) is 17.9 Å². The predicted octanol–water partition coefficient (Wildman–Crippen LogP) is 4.09. The van der Waals surface area contributed by atoms with E-state index in [1.807, 2.05) is 27.1 Å². The van der Waals surface area contributed by atoms with Crippen molar-refractivity contribution in [1.29, 1.82) is 0 Å². The number of nitrogens with zero attached hydrogens (tertiary/aromatic N) is 3. The second-order valence-corrected chi connectivity index (χ2v) is 7.16. The molecule has 152 valence electrons. The summed E-state index contributed by atoms with van der Waals surface area (Å²) in [7, 11) is 5.43. The minimum atomic E-state index is -0.400. The minimum Gasteiger partial charge on any atom is -0.492 e. The van der Waals surface area contributed by atoms with Crippen LogP contribution in [0.4, 0.5) is 11.4 Å². The van der Waals surface area contributed by atoms with E-state index in [4.69, 9.17) is 9.47 Å².